The average Bonchev–Trinajstić information content (AvgIpc) is 2.55. The van der Waals surface area contributed by atoms with Crippen molar-refractivity contribution in [1.29, 1.82) is 0 Å². The second-order valence-corrected chi connectivity index (χ2v) is 7.23. The smallest absolute Gasteiger partial charge is 0.197 e. The Bertz CT molecular complexity index is 798. The van der Waals surface area contributed by atoms with E-state index in [0.717, 1.165) is 32.1 Å². The predicted octanol–water partition coefficient (Wildman–Crippen LogP) is 3.40. The predicted molar refractivity (Wildman–Crippen MR) is 89.8 cm³/mol. The van der Waals surface area contributed by atoms with Crippen molar-refractivity contribution in [2.24, 2.45) is 5.92 Å². The molecule has 4 nitrogen and oxygen atoms in total. The third kappa shape index (κ3) is 2.49. The van der Waals surface area contributed by atoms with Crippen LogP contribution in [-0.2, 0) is 0 Å². The van der Waals surface area contributed by atoms with Gasteiger partial charge in [-0.3, -0.25) is 4.79 Å². The molecule has 2 heterocycles. The van der Waals surface area contributed by atoms with E-state index in [1.54, 1.807) is 24.5 Å². The fourth-order valence-corrected chi connectivity index (χ4v) is 4.45. The monoisotopic (exact) mass is 333 g/mol. The molecule has 4 rings (SSSR count). The molecule has 1 saturated carbocycles. The molecule has 1 aromatic carbocycles. The summed E-state index contributed by atoms with van der Waals surface area (Å²) >= 11 is 6.03. The molecule has 1 aliphatic carbocycles. The number of benzene rings is 1. The molecule has 0 amide bonds. The zero-order valence-electron chi connectivity index (χ0n) is 12.8. The first-order valence-corrected chi connectivity index (χ1v) is 8.63. The molecule has 2 fully saturated rings. The van der Waals surface area contributed by atoms with Gasteiger partial charge in [-0.1, -0.05) is 24.4 Å². The van der Waals surface area contributed by atoms with Crippen molar-refractivity contribution in [2.75, 3.05) is 6.54 Å². The molecular formula is C18H20ClNO3. The Morgan fingerprint density at radius 2 is 2.17 bits per heavy atom. The highest BCUT2D eigenvalue weighted by Crippen LogP contribution is 2.45. The number of piperidine rings is 1. The van der Waals surface area contributed by atoms with Gasteiger partial charge in [0.05, 0.1) is 22.8 Å². The summed E-state index contributed by atoms with van der Waals surface area (Å²) in [6.45, 7) is 0.713. The summed E-state index contributed by atoms with van der Waals surface area (Å²) in [6.07, 6.45) is 6.20. The van der Waals surface area contributed by atoms with Crippen LogP contribution in [0.4, 0.5) is 0 Å². The van der Waals surface area contributed by atoms with Crippen LogP contribution in [0.15, 0.2) is 33.7 Å². The molecule has 5 heteroatoms. The standard InChI is InChI=1S/C18H20ClNO3/c19-11-4-5-15-12(9-11)17(21)13(10-23-15)16-14-3-1-2-6-18(14,22)7-8-20-16/h4-5,9-10,14,16,20,22H,1-3,6-8H2/t14-,16-,18+/m0/s1. The molecule has 2 aliphatic rings. The summed E-state index contributed by atoms with van der Waals surface area (Å²) < 4.78 is 5.66. The Morgan fingerprint density at radius 3 is 3.04 bits per heavy atom. The first kappa shape index (κ1) is 15.2. The van der Waals surface area contributed by atoms with Gasteiger partial charge in [0.15, 0.2) is 5.43 Å². The normalized spacial score (nSPS) is 31.0. The van der Waals surface area contributed by atoms with Crippen molar-refractivity contribution in [3.8, 4) is 0 Å². The minimum Gasteiger partial charge on any atom is -0.464 e. The SMILES string of the molecule is O=c1c([C@@H]2NCC[C@]3(O)CCCC[C@@H]23)coc2ccc(Cl)cc12. The van der Waals surface area contributed by atoms with Crippen molar-refractivity contribution in [3.05, 3.63) is 45.3 Å². The van der Waals surface area contributed by atoms with Gasteiger partial charge in [0.25, 0.3) is 0 Å². The topological polar surface area (TPSA) is 62.5 Å². The number of fused-ring (bicyclic) bond motifs is 2. The van der Waals surface area contributed by atoms with Crippen LogP contribution in [0.5, 0.6) is 0 Å². The number of halogens is 1. The van der Waals surface area contributed by atoms with Crippen molar-refractivity contribution >= 4 is 22.6 Å². The Kier molecular flexibility index (Phi) is 3.71. The van der Waals surface area contributed by atoms with E-state index < -0.39 is 5.60 Å². The molecule has 0 bridgehead atoms. The lowest BCUT2D eigenvalue weighted by atomic mass is 9.67. The molecule has 2 aromatic rings. The van der Waals surface area contributed by atoms with Crippen molar-refractivity contribution in [2.45, 2.75) is 43.7 Å². The summed E-state index contributed by atoms with van der Waals surface area (Å²) in [4.78, 5) is 12.9. The largest absolute Gasteiger partial charge is 0.464 e. The van der Waals surface area contributed by atoms with Gasteiger partial charge in [-0.2, -0.15) is 0 Å². The van der Waals surface area contributed by atoms with Crippen LogP contribution in [0.2, 0.25) is 5.02 Å². The van der Waals surface area contributed by atoms with Crippen LogP contribution in [0.25, 0.3) is 11.0 Å². The molecule has 1 aliphatic heterocycles. The van der Waals surface area contributed by atoms with Crippen LogP contribution < -0.4 is 10.7 Å². The van der Waals surface area contributed by atoms with Crippen LogP contribution in [0.3, 0.4) is 0 Å². The summed E-state index contributed by atoms with van der Waals surface area (Å²) in [5, 5.41) is 15.4. The van der Waals surface area contributed by atoms with Crippen molar-refractivity contribution in [1.82, 2.24) is 5.32 Å². The van der Waals surface area contributed by atoms with Crippen LogP contribution in [0, 0.1) is 5.92 Å². The van der Waals surface area contributed by atoms with E-state index in [9.17, 15) is 9.90 Å². The van der Waals surface area contributed by atoms with E-state index in [2.05, 4.69) is 5.32 Å². The zero-order chi connectivity index (χ0) is 16.0. The molecule has 2 N–H and O–H groups in total. The molecular weight excluding hydrogens is 314 g/mol. The van der Waals surface area contributed by atoms with Gasteiger partial charge in [0, 0.05) is 17.0 Å². The fourth-order valence-electron chi connectivity index (χ4n) is 4.28. The minimum absolute atomic E-state index is 0.0546. The highest BCUT2D eigenvalue weighted by Gasteiger charge is 2.46. The van der Waals surface area contributed by atoms with Gasteiger partial charge in [-0.25, -0.2) is 0 Å². The van der Waals surface area contributed by atoms with E-state index in [1.165, 1.54) is 0 Å². The first-order valence-electron chi connectivity index (χ1n) is 8.25. The van der Waals surface area contributed by atoms with E-state index in [0.29, 0.717) is 28.1 Å². The Morgan fingerprint density at radius 1 is 1.30 bits per heavy atom. The first-order chi connectivity index (χ1) is 11.1. The third-order valence-corrected chi connectivity index (χ3v) is 5.72. The maximum absolute atomic E-state index is 12.9. The number of aliphatic hydroxyl groups is 1. The van der Waals surface area contributed by atoms with Gasteiger partial charge in [0.1, 0.15) is 5.58 Å². The molecule has 1 aromatic heterocycles. The maximum atomic E-state index is 12.9. The summed E-state index contributed by atoms with van der Waals surface area (Å²) in [7, 11) is 0. The summed E-state index contributed by atoms with van der Waals surface area (Å²) in [5.41, 5.74) is 0.424. The van der Waals surface area contributed by atoms with Crippen LogP contribution in [0.1, 0.15) is 43.7 Å². The van der Waals surface area contributed by atoms with Crippen LogP contribution >= 0.6 is 11.6 Å². The molecule has 23 heavy (non-hydrogen) atoms. The molecule has 0 spiro atoms. The van der Waals surface area contributed by atoms with E-state index >= 15 is 0 Å². The Labute approximate surface area is 139 Å². The van der Waals surface area contributed by atoms with Gasteiger partial charge in [-0.05, 0) is 44.0 Å². The maximum Gasteiger partial charge on any atom is 0.197 e. The van der Waals surface area contributed by atoms with Crippen LogP contribution in [-0.4, -0.2) is 17.3 Å². The summed E-state index contributed by atoms with van der Waals surface area (Å²) in [6, 6.07) is 4.93. The highest BCUT2D eigenvalue weighted by molar-refractivity contribution is 6.31. The van der Waals surface area contributed by atoms with E-state index in [1.807, 2.05) is 0 Å². The van der Waals surface area contributed by atoms with Gasteiger partial charge in [0.2, 0.25) is 0 Å². The van der Waals surface area contributed by atoms with Gasteiger partial charge in [-0.15, -0.1) is 0 Å². The zero-order valence-corrected chi connectivity index (χ0v) is 13.6. The molecule has 122 valence electrons. The third-order valence-electron chi connectivity index (χ3n) is 5.49. The fraction of sp³-hybridized carbons (Fsp3) is 0.500. The quantitative estimate of drug-likeness (QED) is 0.839. The lowest BCUT2D eigenvalue weighted by molar-refractivity contribution is -0.0864. The number of hydrogen-bond donors (Lipinski definition) is 2. The molecule has 0 unspecified atom stereocenters. The van der Waals surface area contributed by atoms with Crippen molar-refractivity contribution < 1.29 is 9.52 Å². The molecule has 1 saturated heterocycles. The average molecular weight is 334 g/mol. The van der Waals surface area contributed by atoms with E-state index in [-0.39, 0.29) is 17.4 Å². The Balaban J connectivity index is 1.82. The van der Waals surface area contributed by atoms with E-state index in [4.69, 9.17) is 16.0 Å². The highest BCUT2D eigenvalue weighted by atomic mass is 35.5. The number of rotatable bonds is 1. The second-order valence-electron chi connectivity index (χ2n) is 6.80. The Hall–Kier alpha value is -1.36. The number of nitrogens with one attached hydrogen (secondary N) is 1. The lowest BCUT2D eigenvalue weighted by Crippen LogP contribution is -2.54. The van der Waals surface area contributed by atoms with Gasteiger partial charge >= 0.3 is 0 Å². The molecule has 0 radical (unpaired) electrons. The second kappa shape index (κ2) is 5.62. The lowest BCUT2D eigenvalue weighted by Gasteiger charge is -2.48. The molecule has 3 atom stereocenters. The summed E-state index contributed by atoms with van der Waals surface area (Å²) in [5.74, 6) is 0.0598. The van der Waals surface area contributed by atoms with Gasteiger partial charge < -0.3 is 14.8 Å². The number of hydrogen-bond acceptors (Lipinski definition) is 4. The minimum atomic E-state index is -0.663. The van der Waals surface area contributed by atoms with Crippen molar-refractivity contribution in [3.63, 3.8) is 0 Å².